The van der Waals surface area contributed by atoms with Crippen LogP contribution in [0, 0.1) is 13.8 Å². The Morgan fingerprint density at radius 1 is 1.33 bits per heavy atom. The van der Waals surface area contributed by atoms with Crippen molar-refractivity contribution in [2.24, 2.45) is 0 Å². The van der Waals surface area contributed by atoms with Gasteiger partial charge in [0.2, 0.25) is 0 Å². The highest BCUT2D eigenvalue weighted by Gasteiger charge is 2.23. The van der Waals surface area contributed by atoms with E-state index in [0.717, 1.165) is 32.7 Å². The summed E-state index contributed by atoms with van der Waals surface area (Å²) >= 11 is 1.49. The molecule has 0 fully saturated rings. The van der Waals surface area contributed by atoms with Gasteiger partial charge in [0.1, 0.15) is 11.2 Å². The topological polar surface area (TPSA) is 72.3 Å². The van der Waals surface area contributed by atoms with Crippen LogP contribution in [0.4, 0.5) is 0 Å². The Morgan fingerprint density at radius 2 is 2.11 bits per heavy atom. The first-order chi connectivity index (χ1) is 12.9. The zero-order chi connectivity index (χ0) is 19.3. The van der Waals surface area contributed by atoms with E-state index in [1.54, 1.807) is 6.33 Å². The first-order valence-electron chi connectivity index (χ1n) is 9.04. The fourth-order valence-corrected chi connectivity index (χ4v) is 4.73. The molecule has 0 aliphatic rings. The minimum Gasteiger partial charge on any atom is -0.462 e. The van der Waals surface area contributed by atoms with Crippen molar-refractivity contribution in [3.8, 4) is 11.3 Å². The van der Waals surface area contributed by atoms with E-state index in [1.807, 2.05) is 23.7 Å². The van der Waals surface area contributed by atoms with Gasteiger partial charge in [-0.25, -0.2) is 14.3 Å². The van der Waals surface area contributed by atoms with Gasteiger partial charge in [-0.15, -0.1) is 11.3 Å². The second-order valence-corrected chi connectivity index (χ2v) is 8.02. The van der Waals surface area contributed by atoms with E-state index in [0.29, 0.717) is 17.4 Å². The molecule has 4 heterocycles. The molecule has 0 aliphatic heterocycles. The summed E-state index contributed by atoms with van der Waals surface area (Å²) in [6.45, 7) is 10.7. The van der Waals surface area contributed by atoms with Crippen LogP contribution in [-0.4, -0.2) is 32.2 Å². The summed E-state index contributed by atoms with van der Waals surface area (Å²) in [5.74, 6) is 0.0352. The van der Waals surface area contributed by atoms with Crippen LogP contribution in [0.25, 0.3) is 27.1 Å². The van der Waals surface area contributed by atoms with E-state index in [-0.39, 0.29) is 5.97 Å². The molecule has 0 spiro atoms. The number of carbonyl (C=O) groups excluding carboxylic acids is 1. The molecule has 0 bridgehead atoms. The number of hydrogen-bond donors (Lipinski definition) is 1. The van der Waals surface area contributed by atoms with Crippen LogP contribution in [0.2, 0.25) is 0 Å². The highest BCUT2D eigenvalue weighted by molar-refractivity contribution is 7.21. The van der Waals surface area contributed by atoms with Gasteiger partial charge < -0.3 is 9.72 Å². The van der Waals surface area contributed by atoms with Gasteiger partial charge in [0, 0.05) is 11.8 Å². The van der Waals surface area contributed by atoms with Crippen molar-refractivity contribution < 1.29 is 9.53 Å². The number of rotatable bonds is 4. The fraction of sp³-hybridized carbons (Fsp3) is 0.350. The lowest BCUT2D eigenvalue weighted by Crippen LogP contribution is -2.02. The number of nitrogens with zero attached hydrogens (tertiary/aromatic N) is 3. The molecule has 0 radical (unpaired) electrons. The highest BCUT2D eigenvalue weighted by Crippen LogP contribution is 2.41. The number of hydrogen-bond acceptors (Lipinski definition) is 5. The second kappa shape index (κ2) is 6.49. The Hall–Kier alpha value is -2.67. The van der Waals surface area contributed by atoms with Crippen molar-refractivity contribution in [2.45, 2.75) is 40.5 Å². The van der Waals surface area contributed by atoms with Crippen LogP contribution in [0.15, 0.2) is 18.6 Å². The van der Waals surface area contributed by atoms with E-state index in [1.165, 1.54) is 22.5 Å². The maximum atomic E-state index is 12.1. The largest absolute Gasteiger partial charge is 0.462 e. The Bertz CT molecular complexity index is 1170. The maximum Gasteiger partial charge on any atom is 0.348 e. The van der Waals surface area contributed by atoms with Crippen molar-refractivity contribution >= 4 is 33.2 Å². The summed E-state index contributed by atoms with van der Waals surface area (Å²) in [7, 11) is 0. The van der Waals surface area contributed by atoms with E-state index >= 15 is 0 Å². The molecule has 4 aromatic rings. The van der Waals surface area contributed by atoms with Crippen LogP contribution in [0.5, 0.6) is 0 Å². The molecule has 0 atom stereocenters. The molecule has 1 N–H and O–H groups in total. The number of pyridine rings is 1. The molecule has 0 aliphatic carbocycles. The van der Waals surface area contributed by atoms with E-state index in [2.05, 4.69) is 42.8 Å². The summed E-state index contributed by atoms with van der Waals surface area (Å²) in [6, 6.07) is 1.89. The zero-order valence-electron chi connectivity index (χ0n) is 16.1. The van der Waals surface area contributed by atoms with Gasteiger partial charge in [-0.2, -0.15) is 5.10 Å². The predicted octanol–water partition coefficient (Wildman–Crippen LogP) is 4.86. The first kappa shape index (κ1) is 17.7. The number of aryl methyl sites for hydroxylation is 1. The van der Waals surface area contributed by atoms with E-state index in [9.17, 15) is 4.79 Å². The van der Waals surface area contributed by atoms with Crippen LogP contribution < -0.4 is 0 Å². The molecule has 0 aromatic carbocycles. The predicted molar refractivity (Wildman–Crippen MR) is 108 cm³/mol. The van der Waals surface area contributed by atoms with Gasteiger partial charge in [0.05, 0.1) is 22.5 Å². The lowest BCUT2D eigenvalue weighted by Gasteiger charge is -2.13. The molecule has 27 heavy (non-hydrogen) atoms. The number of ether oxygens (including phenoxy) is 1. The summed E-state index contributed by atoms with van der Waals surface area (Å²) in [5.41, 5.74) is 7.54. The minimum atomic E-state index is -0.264. The minimum absolute atomic E-state index is 0.264. The Balaban J connectivity index is 1.94. The number of aromatic amines is 1. The summed E-state index contributed by atoms with van der Waals surface area (Å²) in [5, 5.41) is 4.31. The second-order valence-electron chi connectivity index (χ2n) is 6.96. The molecule has 6 nitrogen and oxygen atoms in total. The smallest absolute Gasteiger partial charge is 0.348 e. The molecule has 0 unspecified atom stereocenters. The number of carbonyl (C=O) groups is 1. The monoisotopic (exact) mass is 382 g/mol. The average Bonchev–Trinajstić information content (AvgIpc) is 3.31. The van der Waals surface area contributed by atoms with Crippen molar-refractivity contribution in [3.63, 3.8) is 0 Å². The number of aromatic nitrogens is 4. The van der Waals surface area contributed by atoms with Crippen LogP contribution in [0.1, 0.15) is 53.1 Å². The number of esters is 1. The van der Waals surface area contributed by atoms with Gasteiger partial charge in [-0.1, -0.05) is 13.8 Å². The van der Waals surface area contributed by atoms with Crippen LogP contribution in [0.3, 0.4) is 0 Å². The van der Waals surface area contributed by atoms with Crippen molar-refractivity contribution in [2.75, 3.05) is 6.61 Å². The van der Waals surface area contributed by atoms with Crippen LogP contribution in [-0.2, 0) is 4.74 Å². The fourth-order valence-electron chi connectivity index (χ4n) is 3.52. The van der Waals surface area contributed by atoms with Crippen molar-refractivity contribution in [3.05, 3.63) is 40.2 Å². The molecule has 4 aromatic heterocycles. The molecular formula is C20H22N4O2S. The van der Waals surface area contributed by atoms with Gasteiger partial charge in [0.15, 0.2) is 5.65 Å². The highest BCUT2D eigenvalue weighted by atomic mass is 32.1. The molecule has 0 saturated carbocycles. The number of H-pyrrole nitrogens is 1. The summed E-state index contributed by atoms with van der Waals surface area (Å²) < 4.78 is 8.09. The number of thiophene rings is 1. The molecule has 7 heteroatoms. The summed E-state index contributed by atoms with van der Waals surface area (Å²) in [4.78, 5) is 20.6. The standard InChI is InChI=1S/C20H22N4O2S/c1-6-26-20(25)15-7-14-18(27-15)16(10(2)3)17(23-14)13-8-24-19(21-9-22-24)12(5)11(13)4/h7-10,23H,6H2,1-5H3. The Kier molecular flexibility index (Phi) is 4.26. The molecule has 4 rings (SSSR count). The average molecular weight is 382 g/mol. The third kappa shape index (κ3) is 2.73. The molecule has 0 amide bonds. The van der Waals surface area contributed by atoms with E-state index in [4.69, 9.17) is 4.74 Å². The lowest BCUT2D eigenvalue weighted by atomic mass is 9.96. The number of fused-ring (bicyclic) bond motifs is 2. The third-order valence-electron chi connectivity index (χ3n) is 4.96. The van der Waals surface area contributed by atoms with Gasteiger partial charge in [-0.3, -0.25) is 0 Å². The Morgan fingerprint density at radius 3 is 2.81 bits per heavy atom. The normalized spacial score (nSPS) is 11.8. The lowest BCUT2D eigenvalue weighted by molar-refractivity contribution is 0.0532. The quantitative estimate of drug-likeness (QED) is 0.512. The van der Waals surface area contributed by atoms with E-state index < -0.39 is 0 Å². The zero-order valence-corrected chi connectivity index (χ0v) is 16.9. The summed E-state index contributed by atoms with van der Waals surface area (Å²) in [6.07, 6.45) is 3.60. The molecular weight excluding hydrogens is 360 g/mol. The number of nitrogens with one attached hydrogen (secondary N) is 1. The SMILES string of the molecule is CCOC(=O)c1cc2[nH]c(-c3cn4ncnc4c(C)c3C)c(C(C)C)c2s1. The van der Waals surface area contributed by atoms with Crippen LogP contribution >= 0.6 is 11.3 Å². The molecule has 0 saturated heterocycles. The first-order valence-corrected chi connectivity index (χ1v) is 9.86. The Labute approximate surface area is 161 Å². The maximum absolute atomic E-state index is 12.1. The van der Waals surface area contributed by atoms with Gasteiger partial charge in [0.25, 0.3) is 0 Å². The van der Waals surface area contributed by atoms with Gasteiger partial charge in [-0.05, 0) is 49.4 Å². The van der Waals surface area contributed by atoms with Crippen molar-refractivity contribution in [1.29, 1.82) is 0 Å². The molecule has 140 valence electrons. The van der Waals surface area contributed by atoms with Gasteiger partial charge >= 0.3 is 5.97 Å². The third-order valence-corrected chi connectivity index (χ3v) is 6.10. The van der Waals surface area contributed by atoms with Crippen molar-refractivity contribution in [1.82, 2.24) is 19.6 Å².